The molecule has 2 heterocycles. The molecule has 0 radical (unpaired) electrons. The van der Waals surface area contributed by atoms with Crippen molar-refractivity contribution in [2.75, 3.05) is 33.3 Å². The SMILES string of the molecule is COc1ccc(CN(Cc2ccc(OC)cc2OC)c2ncnc3c2nnn3C2CCCCC2F)c(OC)c1. The van der Waals surface area contributed by atoms with Crippen LogP contribution in [0.15, 0.2) is 42.7 Å². The van der Waals surface area contributed by atoms with Gasteiger partial charge in [0.25, 0.3) is 0 Å². The second-order valence-corrected chi connectivity index (χ2v) is 9.48. The molecule has 0 spiro atoms. The van der Waals surface area contributed by atoms with E-state index in [1.165, 1.54) is 6.33 Å². The summed E-state index contributed by atoms with van der Waals surface area (Å²) >= 11 is 0. The van der Waals surface area contributed by atoms with Crippen LogP contribution in [0.5, 0.6) is 23.0 Å². The molecule has 206 valence electrons. The summed E-state index contributed by atoms with van der Waals surface area (Å²) in [6, 6.07) is 11.0. The molecule has 10 nitrogen and oxygen atoms in total. The van der Waals surface area contributed by atoms with Crippen molar-refractivity contribution in [3.63, 3.8) is 0 Å². The van der Waals surface area contributed by atoms with Crippen molar-refractivity contribution in [1.29, 1.82) is 0 Å². The summed E-state index contributed by atoms with van der Waals surface area (Å²) in [5, 5.41) is 8.80. The van der Waals surface area contributed by atoms with Crippen LogP contribution in [-0.2, 0) is 13.1 Å². The van der Waals surface area contributed by atoms with E-state index in [4.69, 9.17) is 18.9 Å². The summed E-state index contributed by atoms with van der Waals surface area (Å²) in [6.45, 7) is 0.854. The average molecular weight is 537 g/mol. The van der Waals surface area contributed by atoms with Gasteiger partial charge in [-0.25, -0.2) is 19.0 Å². The first-order chi connectivity index (χ1) is 19.1. The molecule has 0 aliphatic heterocycles. The largest absolute Gasteiger partial charge is 0.497 e. The maximum absolute atomic E-state index is 14.9. The zero-order chi connectivity index (χ0) is 27.4. The minimum absolute atomic E-state index is 0.386. The fourth-order valence-corrected chi connectivity index (χ4v) is 5.13. The number of alkyl halides is 1. The average Bonchev–Trinajstić information content (AvgIpc) is 3.41. The molecule has 1 saturated carbocycles. The zero-order valence-corrected chi connectivity index (χ0v) is 22.6. The first-order valence-electron chi connectivity index (χ1n) is 12.9. The van der Waals surface area contributed by atoms with Crippen molar-refractivity contribution in [2.45, 2.75) is 51.0 Å². The van der Waals surface area contributed by atoms with E-state index in [0.29, 0.717) is 65.9 Å². The van der Waals surface area contributed by atoms with Crippen LogP contribution in [0.25, 0.3) is 11.2 Å². The predicted octanol–water partition coefficient (Wildman–Crippen LogP) is 4.92. The van der Waals surface area contributed by atoms with Crippen LogP contribution in [0.2, 0.25) is 0 Å². The Morgan fingerprint density at radius 2 is 1.46 bits per heavy atom. The second kappa shape index (κ2) is 11.7. The van der Waals surface area contributed by atoms with Crippen LogP contribution in [-0.4, -0.2) is 59.6 Å². The lowest BCUT2D eigenvalue weighted by Gasteiger charge is -2.27. The van der Waals surface area contributed by atoms with E-state index in [9.17, 15) is 4.39 Å². The highest BCUT2D eigenvalue weighted by Crippen LogP contribution is 2.35. The molecule has 0 N–H and O–H groups in total. The molecular weight excluding hydrogens is 503 g/mol. The molecule has 2 atom stereocenters. The van der Waals surface area contributed by atoms with Crippen molar-refractivity contribution >= 4 is 17.0 Å². The van der Waals surface area contributed by atoms with E-state index >= 15 is 0 Å². The van der Waals surface area contributed by atoms with Gasteiger partial charge in [0.1, 0.15) is 35.5 Å². The van der Waals surface area contributed by atoms with Gasteiger partial charge in [0.2, 0.25) is 0 Å². The van der Waals surface area contributed by atoms with Crippen molar-refractivity contribution in [1.82, 2.24) is 25.0 Å². The summed E-state index contributed by atoms with van der Waals surface area (Å²) in [4.78, 5) is 11.2. The third-order valence-electron chi connectivity index (χ3n) is 7.21. The number of methoxy groups -OCH3 is 4. The first kappa shape index (κ1) is 26.5. The van der Waals surface area contributed by atoms with Gasteiger partial charge in [0, 0.05) is 36.3 Å². The molecule has 0 saturated heterocycles. The normalized spacial score (nSPS) is 17.2. The van der Waals surface area contributed by atoms with Crippen LogP contribution in [0.1, 0.15) is 42.9 Å². The van der Waals surface area contributed by atoms with Crippen LogP contribution in [0.3, 0.4) is 0 Å². The first-order valence-corrected chi connectivity index (χ1v) is 12.9. The van der Waals surface area contributed by atoms with E-state index in [1.807, 2.05) is 36.4 Å². The monoisotopic (exact) mass is 536 g/mol. The Bertz CT molecular complexity index is 1370. The number of ether oxygens (including phenoxy) is 4. The predicted molar refractivity (Wildman–Crippen MR) is 144 cm³/mol. The van der Waals surface area contributed by atoms with E-state index in [2.05, 4.69) is 25.2 Å². The molecule has 2 aromatic heterocycles. The Labute approximate surface area is 226 Å². The lowest BCUT2D eigenvalue weighted by molar-refractivity contribution is 0.161. The zero-order valence-electron chi connectivity index (χ0n) is 22.6. The van der Waals surface area contributed by atoms with E-state index in [0.717, 1.165) is 24.0 Å². The van der Waals surface area contributed by atoms with Crippen LogP contribution in [0.4, 0.5) is 10.2 Å². The van der Waals surface area contributed by atoms with E-state index in [1.54, 1.807) is 33.1 Å². The molecular formula is C28H33FN6O4. The standard InChI is InChI=1S/C28H33FN6O4/c1-36-20-11-9-18(24(13-20)38-3)15-34(16-19-10-12-21(37-2)14-25(19)39-4)27-26-28(31-17-30-27)35(33-32-26)23-8-6-5-7-22(23)29/h9-14,17,22-23H,5-8,15-16H2,1-4H3. The molecule has 0 amide bonds. The van der Waals surface area contributed by atoms with Gasteiger partial charge in [-0.2, -0.15) is 0 Å². The number of hydrogen-bond acceptors (Lipinski definition) is 9. The van der Waals surface area contributed by atoms with Gasteiger partial charge < -0.3 is 23.8 Å². The summed E-state index contributed by atoms with van der Waals surface area (Å²) < 4.78 is 38.6. The molecule has 11 heteroatoms. The number of hydrogen-bond donors (Lipinski definition) is 0. The van der Waals surface area contributed by atoms with Crippen molar-refractivity contribution in [3.8, 4) is 23.0 Å². The maximum atomic E-state index is 14.9. The summed E-state index contributed by atoms with van der Waals surface area (Å²) in [5.74, 6) is 3.32. The highest BCUT2D eigenvalue weighted by atomic mass is 19.1. The van der Waals surface area contributed by atoms with E-state index in [-0.39, 0.29) is 6.04 Å². The Hall–Kier alpha value is -4.15. The minimum atomic E-state index is -0.981. The lowest BCUT2D eigenvalue weighted by Crippen LogP contribution is -2.26. The number of benzene rings is 2. The molecule has 39 heavy (non-hydrogen) atoms. The van der Waals surface area contributed by atoms with Crippen molar-refractivity contribution in [3.05, 3.63) is 53.9 Å². The number of halogens is 1. The number of anilines is 1. The topological polar surface area (TPSA) is 96.7 Å². The second-order valence-electron chi connectivity index (χ2n) is 9.48. The molecule has 4 aromatic rings. The van der Waals surface area contributed by atoms with Crippen LogP contribution < -0.4 is 23.8 Å². The molecule has 1 aliphatic rings. The molecule has 2 aromatic carbocycles. The van der Waals surface area contributed by atoms with Gasteiger partial charge in [-0.1, -0.05) is 18.1 Å². The van der Waals surface area contributed by atoms with Crippen molar-refractivity contribution < 1.29 is 23.3 Å². The lowest BCUT2D eigenvalue weighted by atomic mass is 9.94. The minimum Gasteiger partial charge on any atom is -0.497 e. The number of fused-ring (bicyclic) bond motifs is 1. The quantitative estimate of drug-likeness (QED) is 0.280. The van der Waals surface area contributed by atoms with Crippen LogP contribution >= 0.6 is 0 Å². The molecule has 1 fully saturated rings. The van der Waals surface area contributed by atoms with E-state index < -0.39 is 6.17 Å². The fraction of sp³-hybridized carbons (Fsp3) is 0.429. The van der Waals surface area contributed by atoms with Crippen LogP contribution in [0, 0.1) is 0 Å². The number of nitrogens with zero attached hydrogens (tertiary/aromatic N) is 6. The highest BCUT2D eigenvalue weighted by molar-refractivity contribution is 5.82. The van der Waals surface area contributed by atoms with Gasteiger partial charge in [0.15, 0.2) is 17.0 Å². The van der Waals surface area contributed by atoms with Gasteiger partial charge in [-0.15, -0.1) is 5.10 Å². The van der Waals surface area contributed by atoms with Gasteiger partial charge in [0.05, 0.1) is 34.5 Å². The summed E-state index contributed by atoms with van der Waals surface area (Å²) in [7, 11) is 6.49. The van der Waals surface area contributed by atoms with Crippen molar-refractivity contribution in [2.24, 2.45) is 0 Å². The number of rotatable bonds is 10. The molecule has 1 aliphatic carbocycles. The number of aromatic nitrogens is 5. The summed E-state index contributed by atoms with van der Waals surface area (Å²) in [5.41, 5.74) is 2.86. The Balaban J connectivity index is 1.59. The molecule has 2 unspecified atom stereocenters. The smallest absolute Gasteiger partial charge is 0.184 e. The Morgan fingerprint density at radius 1 is 0.846 bits per heavy atom. The van der Waals surface area contributed by atoms with Gasteiger partial charge >= 0.3 is 0 Å². The maximum Gasteiger partial charge on any atom is 0.184 e. The molecule has 5 rings (SSSR count). The third-order valence-corrected chi connectivity index (χ3v) is 7.21. The van der Waals surface area contributed by atoms with Gasteiger partial charge in [-0.3, -0.25) is 0 Å². The summed E-state index contributed by atoms with van der Waals surface area (Å²) in [6.07, 6.45) is 3.55. The molecule has 0 bridgehead atoms. The Kier molecular flexibility index (Phi) is 7.94. The third kappa shape index (κ3) is 5.39. The Morgan fingerprint density at radius 3 is 2.03 bits per heavy atom. The fourth-order valence-electron chi connectivity index (χ4n) is 5.13. The van der Waals surface area contributed by atoms with Gasteiger partial charge in [-0.05, 0) is 37.1 Å². The highest BCUT2D eigenvalue weighted by Gasteiger charge is 2.30.